The van der Waals surface area contributed by atoms with Crippen molar-refractivity contribution in [1.29, 1.82) is 0 Å². The summed E-state index contributed by atoms with van der Waals surface area (Å²) in [7, 11) is 0. The maximum atomic E-state index is 11.6. The lowest BCUT2D eigenvalue weighted by Crippen LogP contribution is -2.44. The number of carbonyl (C=O) groups excluding carboxylic acids is 1. The summed E-state index contributed by atoms with van der Waals surface area (Å²) in [6.07, 6.45) is 8.54. The van der Waals surface area contributed by atoms with Crippen LogP contribution in [-0.4, -0.2) is 62.1 Å². The molecule has 144 valence electrons. The quantitative estimate of drug-likeness (QED) is 0.318. The van der Waals surface area contributed by atoms with Crippen LogP contribution in [0.3, 0.4) is 0 Å². The Kier molecular flexibility index (Phi) is 9.08. The van der Waals surface area contributed by atoms with E-state index >= 15 is 0 Å². The number of carbonyl (C=O) groups is 1. The fourth-order valence-corrected chi connectivity index (χ4v) is 3.32. The summed E-state index contributed by atoms with van der Waals surface area (Å²) < 4.78 is 0. The first-order valence-corrected chi connectivity index (χ1v) is 10.3. The van der Waals surface area contributed by atoms with Crippen molar-refractivity contribution in [1.82, 2.24) is 20.9 Å². The van der Waals surface area contributed by atoms with Gasteiger partial charge in [0.05, 0.1) is 6.54 Å². The molecule has 1 amide bonds. The summed E-state index contributed by atoms with van der Waals surface area (Å²) in [6, 6.07) is 0.574. The van der Waals surface area contributed by atoms with Crippen molar-refractivity contribution in [2.75, 3.05) is 39.3 Å². The molecule has 6 nitrogen and oxygen atoms in total. The molecule has 1 aliphatic heterocycles. The molecule has 1 heterocycles. The third-order valence-electron chi connectivity index (χ3n) is 5.02. The molecule has 3 N–H and O–H groups in total. The van der Waals surface area contributed by atoms with Crippen LogP contribution in [0.15, 0.2) is 4.99 Å². The maximum absolute atomic E-state index is 11.6. The van der Waals surface area contributed by atoms with E-state index < -0.39 is 0 Å². The molecular weight excluding hydrogens is 314 g/mol. The second-order valence-electron chi connectivity index (χ2n) is 7.25. The Balaban J connectivity index is 1.73. The zero-order valence-corrected chi connectivity index (χ0v) is 16.1. The predicted molar refractivity (Wildman–Crippen MR) is 104 cm³/mol. The molecule has 25 heavy (non-hydrogen) atoms. The minimum Gasteiger partial charge on any atom is -0.357 e. The highest BCUT2D eigenvalue weighted by molar-refractivity contribution is 5.81. The van der Waals surface area contributed by atoms with Gasteiger partial charge in [-0.1, -0.05) is 19.8 Å². The van der Waals surface area contributed by atoms with Crippen molar-refractivity contribution in [3.8, 4) is 0 Å². The highest BCUT2D eigenvalue weighted by Gasteiger charge is 2.29. The van der Waals surface area contributed by atoms with Gasteiger partial charge in [-0.2, -0.15) is 0 Å². The van der Waals surface area contributed by atoms with Gasteiger partial charge in [-0.15, -0.1) is 0 Å². The number of guanidine groups is 1. The van der Waals surface area contributed by atoms with Crippen molar-refractivity contribution >= 4 is 11.9 Å². The van der Waals surface area contributed by atoms with Gasteiger partial charge >= 0.3 is 0 Å². The van der Waals surface area contributed by atoms with E-state index in [4.69, 9.17) is 4.99 Å². The van der Waals surface area contributed by atoms with E-state index in [2.05, 4.69) is 34.7 Å². The van der Waals surface area contributed by atoms with Crippen LogP contribution in [0.5, 0.6) is 0 Å². The van der Waals surface area contributed by atoms with Crippen molar-refractivity contribution in [2.24, 2.45) is 10.9 Å². The van der Waals surface area contributed by atoms with E-state index in [9.17, 15) is 4.79 Å². The standard InChI is InChI=1S/C19H37N5O/c1-3-5-13-24-14-7-6-8-17(24)15-23-19(20-4-2)22-12-11-21-18(25)16-9-10-16/h16-17H,3-15H2,1-2H3,(H,21,25)(H2,20,22,23). The van der Waals surface area contributed by atoms with Gasteiger partial charge in [-0.05, 0) is 52.1 Å². The number of hydrogen-bond acceptors (Lipinski definition) is 3. The molecular formula is C19H37N5O. The van der Waals surface area contributed by atoms with E-state index in [0.717, 1.165) is 31.9 Å². The largest absolute Gasteiger partial charge is 0.357 e. The number of piperidine rings is 1. The molecule has 1 aliphatic carbocycles. The second kappa shape index (κ2) is 11.3. The van der Waals surface area contributed by atoms with Crippen LogP contribution >= 0.6 is 0 Å². The Morgan fingerprint density at radius 3 is 2.60 bits per heavy atom. The SMILES string of the molecule is CCCCN1CCCCC1CN=C(NCC)NCCNC(=O)C1CC1. The number of unbranched alkanes of at least 4 members (excludes halogenated alkanes) is 1. The van der Waals surface area contributed by atoms with Gasteiger partial charge in [0.2, 0.25) is 5.91 Å². The summed E-state index contributed by atoms with van der Waals surface area (Å²) in [6.45, 7) is 9.84. The number of aliphatic imine (C=N–C) groups is 1. The average molecular weight is 352 g/mol. The highest BCUT2D eigenvalue weighted by Crippen LogP contribution is 2.28. The van der Waals surface area contributed by atoms with Gasteiger partial charge in [0.1, 0.15) is 0 Å². The summed E-state index contributed by atoms with van der Waals surface area (Å²) in [5, 5.41) is 9.64. The molecule has 2 aliphatic rings. The number of nitrogens with zero attached hydrogens (tertiary/aromatic N) is 2. The fourth-order valence-electron chi connectivity index (χ4n) is 3.32. The van der Waals surface area contributed by atoms with Gasteiger partial charge < -0.3 is 16.0 Å². The molecule has 1 atom stereocenters. The Morgan fingerprint density at radius 1 is 1.08 bits per heavy atom. The number of rotatable bonds is 10. The first kappa shape index (κ1) is 20.0. The number of nitrogens with one attached hydrogen (secondary N) is 3. The van der Waals surface area contributed by atoms with Crippen LogP contribution < -0.4 is 16.0 Å². The van der Waals surface area contributed by atoms with E-state index in [1.54, 1.807) is 0 Å². The molecule has 0 aromatic carbocycles. The van der Waals surface area contributed by atoms with Crippen LogP contribution in [-0.2, 0) is 4.79 Å². The molecule has 0 spiro atoms. The summed E-state index contributed by atoms with van der Waals surface area (Å²) >= 11 is 0. The van der Waals surface area contributed by atoms with Gasteiger partial charge in [-0.25, -0.2) is 0 Å². The Bertz CT molecular complexity index is 422. The average Bonchev–Trinajstić information content (AvgIpc) is 3.47. The van der Waals surface area contributed by atoms with Crippen LogP contribution in [0.2, 0.25) is 0 Å². The fraction of sp³-hybridized carbons (Fsp3) is 0.895. The molecule has 2 fully saturated rings. The molecule has 1 saturated heterocycles. The molecule has 0 radical (unpaired) electrons. The topological polar surface area (TPSA) is 68.8 Å². The van der Waals surface area contributed by atoms with E-state index in [1.807, 2.05) is 0 Å². The normalized spacial score (nSPS) is 21.8. The van der Waals surface area contributed by atoms with Crippen molar-refractivity contribution < 1.29 is 4.79 Å². The smallest absolute Gasteiger partial charge is 0.223 e. The molecule has 6 heteroatoms. The molecule has 0 aromatic heterocycles. The highest BCUT2D eigenvalue weighted by atomic mass is 16.2. The van der Waals surface area contributed by atoms with E-state index in [-0.39, 0.29) is 11.8 Å². The minimum atomic E-state index is 0.206. The Morgan fingerprint density at radius 2 is 1.88 bits per heavy atom. The number of amides is 1. The van der Waals surface area contributed by atoms with Gasteiger partial charge in [0.25, 0.3) is 0 Å². The van der Waals surface area contributed by atoms with Gasteiger partial charge in [-0.3, -0.25) is 14.7 Å². The zero-order chi connectivity index (χ0) is 17.9. The second-order valence-corrected chi connectivity index (χ2v) is 7.25. The minimum absolute atomic E-state index is 0.206. The van der Waals surface area contributed by atoms with Crippen molar-refractivity contribution in [3.63, 3.8) is 0 Å². The predicted octanol–water partition coefficient (Wildman–Crippen LogP) is 1.72. The first-order valence-electron chi connectivity index (χ1n) is 10.3. The lowest BCUT2D eigenvalue weighted by molar-refractivity contribution is -0.122. The third kappa shape index (κ3) is 7.63. The van der Waals surface area contributed by atoms with Crippen LogP contribution in [0.25, 0.3) is 0 Å². The lowest BCUT2D eigenvalue weighted by atomic mass is 10.0. The molecule has 0 bridgehead atoms. The molecule has 1 unspecified atom stereocenters. The van der Waals surface area contributed by atoms with Gasteiger partial charge in [0, 0.05) is 31.6 Å². The molecule has 0 aromatic rings. The van der Waals surface area contributed by atoms with Crippen LogP contribution in [0.4, 0.5) is 0 Å². The summed E-state index contributed by atoms with van der Waals surface area (Å²) in [4.78, 5) is 19.1. The van der Waals surface area contributed by atoms with Crippen molar-refractivity contribution in [2.45, 2.75) is 64.8 Å². The Labute approximate surface area is 153 Å². The Hall–Kier alpha value is -1.30. The van der Waals surface area contributed by atoms with Gasteiger partial charge in [0.15, 0.2) is 5.96 Å². The lowest BCUT2D eigenvalue weighted by Gasteiger charge is -2.35. The summed E-state index contributed by atoms with van der Waals surface area (Å²) in [5.74, 6) is 1.35. The zero-order valence-electron chi connectivity index (χ0n) is 16.1. The molecule has 2 rings (SSSR count). The first-order chi connectivity index (χ1) is 12.2. The summed E-state index contributed by atoms with van der Waals surface area (Å²) in [5.41, 5.74) is 0. The monoisotopic (exact) mass is 351 g/mol. The maximum Gasteiger partial charge on any atom is 0.223 e. The van der Waals surface area contributed by atoms with E-state index in [0.29, 0.717) is 19.1 Å². The molecule has 1 saturated carbocycles. The third-order valence-corrected chi connectivity index (χ3v) is 5.02. The van der Waals surface area contributed by atoms with Crippen LogP contribution in [0, 0.1) is 5.92 Å². The number of hydrogen-bond donors (Lipinski definition) is 3. The number of likely N-dealkylation sites (tertiary alicyclic amines) is 1. The van der Waals surface area contributed by atoms with Crippen LogP contribution in [0.1, 0.15) is 58.8 Å². The van der Waals surface area contributed by atoms with E-state index in [1.165, 1.54) is 45.2 Å². The van der Waals surface area contributed by atoms with Crippen molar-refractivity contribution in [3.05, 3.63) is 0 Å².